The Bertz CT molecular complexity index is 482. The van der Waals surface area contributed by atoms with Crippen molar-refractivity contribution in [2.75, 3.05) is 19.7 Å². The first-order chi connectivity index (χ1) is 9.40. The molecule has 3 heteroatoms. The monoisotopic (exact) mass is 295 g/mol. The lowest BCUT2D eigenvalue weighted by molar-refractivity contribution is 0.207. The number of fused-ring (bicyclic) bond motifs is 1. The summed E-state index contributed by atoms with van der Waals surface area (Å²) in [5, 5.41) is 0.765. The van der Waals surface area contributed by atoms with E-state index in [9.17, 15) is 0 Å². The Morgan fingerprint density at radius 1 is 1.30 bits per heavy atom. The number of hydrogen-bond acceptors (Lipinski definition) is 2. The summed E-state index contributed by atoms with van der Waals surface area (Å²) in [4.78, 5) is 2.48. The molecule has 2 nitrogen and oxygen atoms in total. The lowest BCUT2D eigenvalue weighted by atomic mass is 9.93. The minimum absolute atomic E-state index is 0.486. The van der Waals surface area contributed by atoms with Gasteiger partial charge >= 0.3 is 0 Å². The zero-order valence-electron chi connectivity index (χ0n) is 13.3. The molecule has 1 aliphatic heterocycles. The molecule has 1 heterocycles. The summed E-state index contributed by atoms with van der Waals surface area (Å²) in [7, 11) is 0. The molecule has 1 aliphatic rings. The summed E-state index contributed by atoms with van der Waals surface area (Å²) in [5.41, 5.74) is 3.96. The first-order valence-electron chi connectivity index (χ1n) is 7.57. The van der Waals surface area contributed by atoms with Gasteiger partial charge in [-0.05, 0) is 36.0 Å². The Morgan fingerprint density at radius 2 is 2.00 bits per heavy atom. The second-order valence-corrected chi connectivity index (χ2v) is 6.92. The molecule has 0 atom stereocenters. The highest BCUT2D eigenvalue weighted by Gasteiger charge is 2.22. The van der Waals surface area contributed by atoms with Crippen molar-refractivity contribution >= 4 is 11.6 Å². The van der Waals surface area contributed by atoms with E-state index in [2.05, 4.69) is 45.6 Å². The van der Waals surface area contributed by atoms with Gasteiger partial charge in [0.05, 0.1) is 5.02 Å². The molecule has 0 aliphatic carbocycles. The molecule has 0 aromatic heterocycles. The van der Waals surface area contributed by atoms with Gasteiger partial charge in [-0.25, -0.2) is 0 Å². The molecule has 1 aromatic rings. The summed E-state index contributed by atoms with van der Waals surface area (Å²) >= 11 is 6.45. The Kier molecular flexibility index (Phi) is 4.98. The van der Waals surface area contributed by atoms with Crippen LogP contribution in [0.3, 0.4) is 0 Å². The Balaban J connectivity index is 2.41. The van der Waals surface area contributed by atoms with Crippen LogP contribution in [0, 0.1) is 12.8 Å². The quantitative estimate of drug-likeness (QED) is 0.806. The molecule has 0 amide bonds. The second kappa shape index (κ2) is 6.36. The van der Waals surface area contributed by atoms with Crippen LogP contribution in [-0.4, -0.2) is 24.6 Å². The third kappa shape index (κ3) is 3.29. The van der Waals surface area contributed by atoms with Crippen LogP contribution in [0.2, 0.25) is 5.02 Å². The van der Waals surface area contributed by atoms with Crippen LogP contribution in [-0.2, 0) is 6.54 Å². The predicted octanol–water partition coefficient (Wildman–Crippen LogP) is 4.62. The molecular weight excluding hydrogens is 270 g/mol. The fraction of sp³-hybridized carbons (Fsp3) is 0.647. The van der Waals surface area contributed by atoms with Crippen molar-refractivity contribution in [1.82, 2.24) is 4.90 Å². The molecule has 0 radical (unpaired) electrons. The highest BCUT2D eigenvalue weighted by Crippen LogP contribution is 2.38. The van der Waals surface area contributed by atoms with Crippen LogP contribution in [0.15, 0.2) is 6.07 Å². The van der Waals surface area contributed by atoms with Crippen molar-refractivity contribution in [2.45, 2.75) is 47.1 Å². The van der Waals surface area contributed by atoms with Crippen LogP contribution < -0.4 is 4.74 Å². The van der Waals surface area contributed by atoms with E-state index in [-0.39, 0.29) is 0 Å². The summed E-state index contributed by atoms with van der Waals surface area (Å²) in [5.74, 6) is 2.06. The van der Waals surface area contributed by atoms with Gasteiger partial charge in [-0.2, -0.15) is 0 Å². The molecule has 112 valence electrons. The molecule has 0 saturated carbocycles. The summed E-state index contributed by atoms with van der Waals surface area (Å²) in [6.07, 6.45) is 0. The highest BCUT2D eigenvalue weighted by molar-refractivity contribution is 6.32. The highest BCUT2D eigenvalue weighted by atomic mass is 35.5. The topological polar surface area (TPSA) is 12.5 Å². The van der Waals surface area contributed by atoms with Gasteiger partial charge in [0.2, 0.25) is 0 Å². The van der Waals surface area contributed by atoms with Gasteiger partial charge in [-0.15, -0.1) is 0 Å². The van der Waals surface area contributed by atoms with Crippen LogP contribution in [0.5, 0.6) is 5.75 Å². The third-order valence-electron chi connectivity index (χ3n) is 3.94. The van der Waals surface area contributed by atoms with E-state index >= 15 is 0 Å². The van der Waals surface area contributed by atoms with E-state index in [1.165, 1.54) is 16.7 Å². The van der Waals surface area contributed by atoms with Crippen molar-refractivity contribution in [3.05, 3.63) is 27.8 Å². The third-order valence-corrected chi connectivity index (χ3v) is 4.22. The minimum Gasteiger partial charge on any atom is -0.490 e. The normalized spacial score (nSPS) is 16.2. The zero-order chi connectivity index (χ0) is 14.9. The number of benzene rings is 1. The van der Waals surface area contributed by atoms with E-state index in [0.717, 1.165) is 37.0 Å². The van der Waals surface area contributed by atoms with E-state index in [1.54, 1.807) is 0 Å². The fourth-order valence-corrected chi connectivity index (χ4v) is 3.28. The van der Waals surface area contributed by atoms with Crippen molar-refractivity contribution in [1.29, 1.82) is 0 Å². The molecular formula is C17H26ClNO. The number of nitrogens with zero attached hydrogens (tertiary/aromatic N) is 1. The molecule has 0 saturated heterocycles. The standard InChI is InChI=1S/C17H26ClNO/c1-11(2)9-19-6-7-20-17-15(10-19)13(5)14(12(3)4)8-16(17)18/h8,11-12H,6-7,9-10H2,1-5H3. The molecule has 0 bridgehead atoms. The molecule has 2 rings (SSSR count). The predicted molar refractivity (Wildman–Crippen MR) is 85.9 cm³/mol. The van der Waals surface area contributed by atoms with Gasteiger partial charge in [-0.3, -0.25) is 4.90 Å². The van der Waals surface area contributed by atoms with Crippen molar-refractivity contribution in [3.8, 4) is 5.75 Å². The van der Waals surface area contributed by atoms with Gasteiger partial charge in [0, 0.05) is 25.2 Å². The number of halogens is 1. The Hall–Kier alpha value is -0.730. The maximum atomic E-state index is 6.45. The van der Waals surface area contributed by atoms with Crippen molar-refractivity contribution < 1.29 is 4.74 Å². The first kappa shape index (κ1) is 15.7. The van der Waals surface area contributed by atoms with Crippen LogP contribution in [0.25, 0.3) is 0 Å². The number of hydrogen-bond donors (Lipinski definition) is 0. The van der Waals surface area contributed by atoms with E-state index in [4.69, 9.17) is 16.3 Å². The second-order valence-electron chi connectivity index (χ2n) is 6.51. The lowest BCUT2D eigenvalue weighted by Crippen LogP contribution is -2.29. The molecule has 0 spiro atoms. The fourth-order valence-electron chi connectivity index (χ4n) is 3.00. The molecule has 20 heavy (non-hydrogen) atoms. The molecule has 1 aromatic carbocycles. The first-order valence-corrected chi connectivity index (χ1v) is 7.95. The van der Waals surface area contributed by atoms with Crippen molar-refractivity contribution in [2.24, 2.45) is 5.92 Å². The van der Waals surface area contributed by atoms with Crippen molar-refractivity contribution in [3.63, 3.8) is 0 Å². The van der Waals surface area contributed by atoms with Crippen LogP contribution in [0.4, 0.5) is 0 Å². The molecule has 0 N–H and O–H groups in total. The van der Waals surface area contributed by atoms with Crippen LogP contribution in [0.1, 0.15) is 50.3 Å². The zero-order valence-corrected chi connectivity index (χ0v) is 14.0. The van der Waals surface area contributed by atoms with E-state index < -0.39 is 0 Å². The summed E-state index contributed by atoms with van der Waals surface area (Å²) in [6.45, 7) is 14.9. The molecule has 0 fully saturated rings. The van der Waals surface area contributed by atoms with Gasteiger partial charge in [0.15, 0.2) is 0 Å². The van der Waals surface area contributed by atoms with Gasteiger partial charge in [-0.1, -0.05) is 39.3 Å². The van der Waals surface area contributed by atoms with Crippen LogP contribution >= 0.6 is 11.6 Å². The lowest BCUT2D eigenvalue weighted by Gasteiger charge is -2.23. The average Bonchev–Trinajstić information content (AvgIpc) is 2.55. The van der Waals surface area contributed by atoms with E-state index in [0.29, 0.717) is 11.8 Å². The maximum Gasteiger partial charge on any atom is 0.142 e. The maximum absolute atomic E-state index is 6.45. The Labute approximate surface area is 128 Å². The number of ether oxygens (including phenoxy) is 1. The van der Waals surface area contributed by atoms with E-state index in [1.807, 2.05) is 0 Å². The SMILES string of the molecule is Cc1c(C(C)C)cc(Cl)c2c1CN(CC(C)C)CCO2. The summed E-state index contributed by atoms with van der Waals surface area (Å²) in [6, 6.07) is 2.08. The van der Waals surface area contributed by atoms with Gasteiger partial charge in [0.1, 0.15) is 12.4 Å². The summed E-state index contributed by atoms with van der Waals surface area (Å²) < 4.78 is 5.93. The van der Waals surface area contributed by atoms with Gasteiger partial charge < -0.3 is 4.74 Å². The number of rotatable bonds is 3. The molecule has 0 unspecified atom stereocenters. The average molecular weight is 296 g/mol. The van der Waals surface area contributed by atoms with Gasteiger partial charge in [0.25, 0.3) is 0 Å². The Morgan fingerprint density at radius 3 is 2.60 bits per heavy atom. The largest absolute Gasteiger partial charge is 0.490 e. The smallest absolute Gasteiger partial charge is 0.142 e. The minimum atomic E-state index is 0.486.